The molecule has 1 amide bonds. The van der Waals surface area contributed by atoms with Crippen molar-refractivity contribution in [3.8, 4) is 11.5 Å². The van der Waals surface area contributed by atoms with E-state index in [4.69, 9.17) is 9.47 Å². The Kier molecular flexibility index (Phi) is 5.27. The third kappa shape index (κ3) is 3.63. The van der Waals surface area contributed by atoms with Crippen molar-refractivity contribution in [2.24, 2.45) is 5.92 Å². The molecule has 2 aliphatic heterocycles. The number of rotatable bonds is 7. The number of benzene rings is 1. The molecule has 0 saturated carbocycles. The minimum absolute atomic E-state index is 0.00820. The van der Waals surface area contributed by atoms with Gasteiger partial charge in [0.25, 0.3) is 0 Å². The van der Waals surface area contributed by atoms with Gasteiger partial charge in [0, 0.05) is 25.7 Å². The van der Waals surface area contributed by atoms with E-state index in [0.29, 0.717) is 17.1 Å². The van der Waals surface area contributed by atoms with Crippen molar-refractivity contribution in [3.05, 3.63) is 23.8 Å². The predicted octanol–water partition coefficient (Wildman–Crippen LogP) is 2.18. The summed E-state index contributed by atoms with van der Waals surface area (Å²) in [4.78, 5) is 29.2. The van der Waals surface area contributed by atoms with Crippen molar-refractivity contribution in [3.63, 3.8) is 0 Å². The fourth-order valence-electron chi connectivity index (χ4n) is 3.24. The third-order valence-corrected chi connectivity index (χ3v) is 5.10. The van der Waals surface area contributed by atoms with Crippen LogP contribution in [0.3, 0.4) is 0 Å². The summed E-state index contributed by atoms with van der Waals surface area (Å²) in [6.45, 7) is 6.77. The second kappa shape index (κ2) is 7.44. The Morgan fingerprint density at radius 3 is 2.72 bits per heavy atom. The molecule has 2 heterocycles. The van der Waals surface area contributed by atoms with Crippen LogP contribution in [-0.4, -0.2) is 61.0 Å². The van der Waals surface area contributed by atoms with E-state index in [1.165, 1.54) is 0 Å². The molecule has 0 aliphatic carbocycles. The summed E-state index contributed by atoms with van der Waals surface area (Å²) in [7, 11) is 1.71. The number of likely N-dealkylation sites (N-methyl/N-ethyl adjacent to an activating group) is 1. The van der Waals surface area contributed by atoms with Crippen molar-refractivity contribution in [2.75, 3.05) is 33.5 Å². The lowest BCUT2D eigenvalue weighted by Crippen LogP contribution is -2.56. The Labute approximate surface area is 148 Å². The summed E-state index contributed by atoms with van der Waals surface area (Å²) in [5.41, 5.74) is 0.537. The lowest BCUT2D eigenvalue weighted by atomic mass is 9.96. The van der Waals surface area contributed by atoms with Crippen molar-refractivity contribution in [2.45, 2.75) is 32.7 Å². The standard InChI is InChI=1S/C19H26N2O4/c1-4-5-8-21-10-15(11-21)19(23)20(3)13(2)18(22)14-6-7-16-17(9-14)25-12-24-16/h6-7,9,13,15H,4-5,8,10-12H2,1-3H3/t13-/m0/s1. The smallest absolute Gasteiger partial charge is 0.231 e. The summed E-state index contributed by atoms with van der Waals surface area (Å²) >= 11 is 0. The minimum Gasteiger partial charge on any atom is -0.454 e. The van der Waals surface area contributed by atoms with Crippen LogP contribution in [0.15, 0.2) is 18.2 Å². The Morgan fingerprint density at radius 2 is 2.00 bits per heavy atom. The van der Waals surface area contributed by atoms with Gasteiger partial charge in [-0.05, 0) is 38.1 Å². The van der Waals surface area contributed by atoms with Crippen LogP contribution >= 0.6 is 0 Å². The zero-order valence-electron chi connectivity index (χ0n) is 15.2. The molecule has 0 N–H and O–H groups in total. The third-order valence-electron chi connectivity index (χ3n) is 5.10. The highest BCUT2D eigenvalue weighted by atomic mass is 16.7. The maximum absolute atomic E-state index is 12.7. The molecule has 0 radical (unpaired) electrons. The number of Topliss-reactive ketones (excluding diaryl/α,β-unsaturated/α-hetero) is 1. The zero-order chi connectivity index (χ0) is 18.0. The van der Waals surface area contributed by atoms with Crippen molar-refractivity contribution in [1.29, 1.82) is 0 Å². The van der Waals surface area contributed by atoms with E-state index in [2.05, 4.69) is 11.8 Å². The van der Waals surface area contributed by atoms with Gasteiger partial charge in [-0.15, -0.1) is 0 Å². The second-order valence-electron chi connectivity index (χ2n) is 6.87. The number of carbonyl (C=O) groups excluding carboxylic acids is 2. The van der Waals surface area contributed by atoms with Crippen LogP contribution in [0.4, 0.5) is 0 Å². The molecule has 1 aromatic carbocycles. The SMILES string of the molecule is CCCCN1CC(C(=O)N(C)[C@@H](C)C(=O)c2ccc3c(c2)OCO3)C1. The molecule has 136 valence electrons. The lowest BCUT2D eigenvalue weighted by Gasteiger charge is -2.40. The average molecular weight is 346 g/mol. The largest absolute Gasteiger partial charge is 0.454 e. The minimum atomic E-state index is -0.502. The topological polar surface area (TPSA) is 59.1 Å². The Morgan fingerprint density at radius 1 is 1.28 bits per heavy atom. The Balaban J connectivity index is 1.57. The summed E-state index contributed by atoms with van der Waals surface area (Å²) in [6.07, 6.45) is 2.33. The van der Waals surface area contributed by atoms with E-state index >= 15 is 0 Å². The number of nitrogens with zero attached hydrogens (tertiary/aromatic N) is 2. The fraction of sp³-hybridized carbons (Fsp3) is 0.579. The number of carbonyl (C=O) groups is 2. The Hall–Kier alpha value is -2.08. The molecule has 0 spiro atoms. The molecule has 3 rings (SSSR count). The van der Waals surface area contributed by atoms with Gasteiger partial charge < -0.3 is 19.3 Å². The molecule has 1 aromatic rings. The normalized spacial score (nSPS) is 17.9. The number of amides is 1. The number of likely N-dealkylation sites (tertiary alicyclic amines) is 1. The van der Waals surface area contributed by atoms with Crippen LogP contribution in [0.1, 0.15) is 37.0 Å². The van der Waals surface area contributed by atoms with Crippen molar-refractivity contribution < 1.29 is 19.1 Å². The number of unbranched alkanes of at least 4 members (excludes halogenated alkanes) is 1. The molecule has 0 unspecified atom stereocenters. The highest BCUT2D eigenvalue weighted by molar-refractivity contribution is 6.02. The number of hydrogen-bond donors (Lipinski definition) is 0. The Bertz CT molecular complexity index is 655. The monoisotopic (exact) mass is 346 g/mol. The molecule has 2 aliphatic rings. The van der Waals surface area contributed by atoms with Crippen molar-refractivity contribution >= 4 is 11.7 Å². The van der Waals surface area contributed by atoms with Gasteiger partial charge in [-0.3, -0.25) is 9.59 Å². The molecule has 1 atom stereocenters. The van der Waals surface area contributed by atoms with Gasteiger partial charge in [0.15, 0.2) is 17.3 Å². The molecule has 0 bridgehead atoms. The van der Waals surface area contributed by atoms with Gasteiger partial charge >= 0.3 is 0 Å². The van der Waals surface area contributed by atoms with E-state index in [1.54, 1.807) is 37.1 Å². The molecule has 6 nitrogen and oxygen atoms in total. The maximum Gasteiger partial charge on any atom is 0.231 e. The summed E-state index contributed by atoms with van der Waals surface area (Å²) in [6, 6.07) is 4.65. The van der Waals surface area contributed by atoms with E-state index in [1.807, 2.05) is 0 Å². The average Bonchev–Trinajstić information content (AvgIpc) is 3.05. The molecule has 0 aromatic heterocycles. The van der Waals surface area contributed by atoms with Crippen LogP contribution < -0.4 is 9.47 Å². The number of ketones is 1. The van der Waals surface area contributed by atoms with Crippen molar-refractivity contribution in [1.82, 2.24) is 9.80 Å². The van der Waals surface area contributed by atoms with Gasteiger partial charge in [0.05, 0.1) is 12.0 Å². The van der Waals surface area contributed by atoms with Crippen LogP contribution in [0.25, 0.3) is 0 Å². The molecule has 1 fully saturated rings. The molecular formula is C19H26N2O4. The van der Waals surface area contributed by atoms with Crippen LogP contribution in [0, 0.1) is 5.92 Å². The van der Waals surface area contributed by atoms with Gasteiger partial charge in [-0.1, -0.05) is 13.3 Å². The first-order valence-corrected chi connectivity index (χ1v) is 8.94. The molecule has 25 heavy (non-hydrogen) atoms. The van der Waals surface area contributed by atoms with Gasteiger partial charge in [-0.25, -0.2) is 0 Å². The summed E-state index contributed by atoms with van der Waals surface area (Å²) in [5, 5.41) is 0. The van der Waals surface area contributed by atoms with E-state index in [9.17, 15) is 9.59 Å². The highest BCUT2D eigenvalue weighted by Crippen LogP contribution is 2.33. The number of hydrogen-bond acceptors (Lipinski definition) is 5. The first-order chi connectivity index (χ1) is 12.0. The first kappa shape index (κ1) is 17.7. The second-order valence-corrected chi connectivity index (χ2v) is 6.87. The quantitative estimate of drug-likeness (QED) is 0.708. The van der Waals surface area contributed by atoms with Crippen LogP contribution in [0.5, 0.6) is 11.5 Å². The van der Waals surface area contributed by atoms with Gasteiger partial charge in [0.2, 0.25) is 12.7 Å². The number of fused-ring (bicyclic) bond motifs is 1. The van der Waals surface area contributed by atoms with Crippen LogP contribution in [0.2, 0.25) is 0 Å². The van der Waals surface area contributed by atoms with Gasteiger partial charge in [0.1, 0.15) is 0 Å². The highest BCUT2D eigenvalue weighted by Gasteiger charge is 2.36. The van der Waals surface area contributed by atoms with E-state index < -0.39 is 6.04 Å². The van der Waals surface area contributed by atoms with Crippen LogP contribution in [-0.2, 0) is 4.79 Å². The predicted molar refractivity (Wildman–Crippen MR) is 94.0 cm³/mol. The van der Waals surface area contributed by atoms with E-state index in [-0.39, 0.29) is 24.4 Å². The van der Waals surface area contributed by atoms with Gasteiger partial charge in [-0.2, -0.15) is 0 Å². The number of ether oxygens (including phenoxy) is 2. The summed E-state index contributed by atoms with van der Waals surface area (Å²) in [5.74, 6) is 1.20. The molecular weight excluding hydrogens is 320 g/mol. The fourth-order valence-corrected chi connectivity index (χ4v) is 3.24. The first-order valence-electron chi connectivity index (χ1n) is 8.94. The molecule has 6 heteroatoms. The lowest BCUT2D eigenvalue weighted by molar-refractivity contribution is -0.140. The molecule has 1 saturated heterocycles. The zero-order valence-corrected chi connectivity index (χ0v) is 15.2. The maximum atomic E-state index is 12.7. The van der Waals surface area contributed by atoms with E-state index in [0.717, 1.165) is 32.5 Å². The summed E-state index contributed by atoms with van der Waals surface area (Å²) < 4.78 is 10.6.